The van der Waals surface area contributed by atoms with Crippen LogP contribution in [0.15, 0.2) is 12.1 Å². The summed E-state index contributed by atoms with van der Waals surface area (Å²) in [6, 6.07) is 3.37. The van der Waals surface area contributed by atoms with Gasteiger partial charge in [0, 0.05) is 6.04 Å². The van der Waals surface area contributed by atoms with E-state index in [1.54, 1.807) is 12.1 Å². The number of hydrogen-bond acceptors (Lipinski definition) is 6. The molecular weight excluding hydrogens is 278 g/mol. The van der Waals surface area contributed by atoms with Gasteiger partial charge in [-0.05, 0) is 24.5 Å². The highest BCUT2D eigenvalue weighted by atomic mass is 32.2. The quantitative estimate of drug-likeness (QED) is 0.851. The van der Waals surface area contributed by atoms with E-state index in [2.05, 4.69) is 10.3 Å². The number of pyridine rings is 1. The molecule has 0 aromatic carbocycles. The van der Waals surface area contributed by atoms with Crippen LogP contribution in [0.4, 0.5) is 11.5 Å². The Bertz CT molecular complexity index is 572. The average Bonchev–Trinajstić information content (AvgIpc) is 2.69. The third-order valence-corrected chi connectivity index (χ3v) is 4.80. The Labute approximate surface area is 119 Å². The first kappa shape index (κ1) is 14.9. The average molecular weight is 299 g/mol. The monoisotopic (exact) mass is 299 g/mol. The molecule has 0 saturated carbocycles. The highest BCUT2D eigenvalue weighted by Crippen LogP contribution is 2.23. The van der Waals surface area contributed by atoms with Gasteiger partial charge in [0.15, 0.2) is 9.84 Å². The first-order valence-corrected chi connectivity index (χ1v) is 8.54. The molecule has 1 aliphatic heterocycles. The molecular formula is C13H21N3O3S. The van der Waals surface area contributed by atoms with Crippen LogP contribution in [-0.2, 0) is 9.84 Å². The maximum atomic E-state index is 11.4. The van der Waals surface area contributed by atoms with Crippen LogP contribution in [0, 0.1) is 5.92 Å². The fraction of sp³-hybridized carbons (Fsp3) is 0.615. The normalized spacial score (nSPS) is 21.1. The van der Waals surface area contributed by atoms with Crippen LogP contribution in [-0.4, -0.2) is 37.6 Å². The van der Waals surface area contributed by atoms with Crippen molar-refractivity contribution >= 4 is 21.3 Å². The summed E-state index contributed by atoms with van der Waals surface area (Å²) in [4.78, 5) is 4.30. The molecule has 112 valence electrons. The second-order valence-electron chi connectivity index (χ2n) is 5.54. The van der Waals surface area contributed by atoms with Crippen molar-refractivity contribution in [2.75, 3.05) is 29.2 Å². The van der Waals surface area contributed by atoms with E-state index < -0.39 is 9.84 Å². The minimum absolute atomic E-state index is 0.0888. The maximum absolute atomic E-state index is 11.4. The van der Waals surface area contributed by atoms with E-state index in [0.29, 0.717) is 36.3 Å². The van der Waals surface area contributed by atoms with Gasteiger partial charge in [0.2, 0.25) is 5.88 Å². The van der Waals surface area contributed by atoms with Crippen LogP contribution < -0.4 is 15.8 Å². The Hall–Kier alpha value is -1.50. The van der Waals surface area contributed by atoms with E-state index in [0.717, 1.165) is 0 Å². The van der Waals surface area contributed by atoms with Crippen molar-refractivity contribution in [2.24, 2.45) is 5.92 Å². The number of anilines is 2. The second-order valence-corrected chi connectivity index (χ2v) is 7.77. The van der Waals surface area contributed by atoms with Crippen LogP contribution in [0.2, 0.25) is 0 Å². The van der Waals surface area contributed by atoms with Crippen LogP contribution in [0.5, 0.6) is 5.88 Å². The maximum Gasteiger partial charge on any atom is 0.239 e. The minimum atomic E-state index is -2.90. The highest BCUT2D eigenvalue weighted by molar-refractivity contribution is 7.91. The molecule has 1 aromatic rings. The summed E-state index contributed by atoms with van der Waals surface area (Å²) in [6.45, 7) is 4.63. The Balaban J connectivity index is 2.04. The molecule has 1 saturated heterocycles. The fourth-order valence-electron chi connectivity index (χ4n) is 2.01. The largest absolute Gasteiger partial charge is 0.476 e. The van der Waals surface area contributed by atoms with Gasteiger partial charge < -0.3 is 15.8 Å². The third-order valence-electron chi connectivity index (χ3n) is 3.03. The van der Waals surface area contributed by atoms with Gasteiger partial charge in [-0.1, -0.05) is 13.8 Å². The lowest BCUT2D eigenvalue weighted by atomic mass is 10.2. The molecule has 1 aromatic heterocycles. The van der Waals surface area contributed by atoms with E-state index in [1.807, 2.05) is 13.8 Å². The van der Waals surface area contributed by atoms with E-state index >= 15 is 0 Å². The SMILES string of the molecule is CC(C)COc1nc(NC2CCS(=O)(=O)C2)ccc1N. The molecule has 1 unspecified atom stereocenters. The highest BCUT2D eigenvalue weighted by Gasteiger charge is 2.28. The summed E-state index contributed by atoms with van der Waals surface area (Å²) in [5.41, 5.74) is 6.30. The van der Waals surface area contributed by atoms with E-state index in [-0.39, 0.29) is 17.5 Å². The molecule has 1 fully saturated rings. The van der Waals surface area contributed by atoms with Gasteiger partial charge in [0.1, 0.15) is 5.82 Å². The lowest BCUT2D eigenvalue weighted by Crippen LogP contribution is -2.21. The third kappa shape index (κ3) is 4.00. The molecule has 0 amide bonds. The molecule has 2 heterocycles. The van der Waals surface area contributed by atoms with Gasteiger partial charge in [-0.3, -0.25) is 0 Å². The predicted molar refractivity (Wildman–Crippen MR) is 79.7 cm³/mol. The first-order valence-electron chi connectivity index (χ1n) is 6.72. The summed E-state index contributed by atoms with van der Waals surface area (Å²) in [6.07, 6.45) is 0.608. The van der Waals surface area contributed by atoms with Crippen LogP contribution in [0.1, 0.15) is 20.3 Å². The standard InChI is InChI=1S/C13H21N3O3S/c1-9(2)7-19-13-11(14)3-4-12(16-13)15-10-5-6-20(17,18)8-10/h3-4,9-10H,5-8,14H2,1-2H3,(H,15,16). The van der Waals surface area contributed by atoms with Crippen molar-refractivity contribution in [3.8, 4) is 5.88 Å². The van der Waals surface area contributed by atoms with Crippen LogP contribution >= 0.6 is 0 Å². The Morgan fingerprint density at radius 3 is 2.85 bits per heavy atom. The number of nitrogens with one attached hydrogen (secondary N) is 1. The van der Waals surface area contributed by atoms with Crippen LogP contribution in [0.25, 0.3) is 0 Å². The van der Waals surface area contributed by atoms with Gasteiger partial charge in [0.25, 0.3) is 0 Å². The number of nitrogens with two attached hydrogens (primary N) is 1. The van der Waals surface area contributed by atoms with Crippen molar-refractivity contribution < 1.29 is 13.2 Å². The number of nitrogens with zero attached hydrogens (tertiary/aromatic N) is 1. The van der Waals surface area contributed by atoms with E-state index in [9.17, 15) is 8.42 Å². The minimum Gasteiger partial charge on any atom is -0.476 e. The number of nitrogen functional groups attached to an aromatic ring is 1. The number of sulfone groups is 1. The summed E-state index contributed by atoms with van der Waals surface area (Å²) in [5, 5.41) is 3.13. The second kappa shape index (κ2) is 5.87. The van der Waals surface area contributed by atoms with Gasteiger partial charge in [-0.25, -0.2) is 8.42 Å². The lowest BCUT2D eigenvalue weighted by molar-refractivity contribution is 0.263. The molecule has 20 heavy (non-hydrogen) atoms. The molecule has 6 nitrogen and oxygen atoms in total. The first-order chi connectivity index (χ1) is 9.35. The van der Waals surface area contributed by atoms with Crippen molar-refractivity contribution in [1.82, 2.24) is 4.98 Å². The zero-order valence-electron chi connectivity index (χ0n) is 11.8. The molecule has 1 atom stereocenters. The van der Waals surface area contributed by atoms with Gasteiger partial charge >= 0.3 is 0 Å². The topological polar surface area (TPSA) is 94.3 Å². The number of ether oxygens (including phenoxy) is 1. The van der Waals surface area contributed by atoms with Crippen molar-refractivity contribution in [2.45, 2.75) is 26.3 Å². The lowest BCUT2D eigenvalue weighted by Gasteiger charge is -2.14. The summed E-state index contributed by atoms with van der Waals surface area (Å²) >= 11 is 0. The van der Waals surface area contributed by atoms with Crippen molar-refractivity contribution in [3.63, 3.8) is 0 Å². The molecule has 2 rings (SSSR count). The van der Waals surface area contributed by atoms with E-state index in [1.165, 1.54) is 0 Å². The van der Waals surface area contributed by atoms with Gasteiger partial charge in [0.05, 0.1) is 23.8 Å². The van der Waals surface area contributed by atoms with Crippen LogP contribution in [0.3, 0.4) is 0 Å². The predicted octanol–water partition coefficient (Wildman–Crippen LogP) is 1.30. The molecule has 1 aliphatic rings. The van der Waals surface area contributed by atoms with Gasteiger partial charge in [-0.2, -0.15) is 4.98 Å². The summed E-state index contributed by atoms with van der Waals surface area (Å²) in [7, 11) is -2.90. The van der Waals surface area contributed by atoms with Crippen molar-refractivity contribution in [1.29, 1.82) is 0 Å². The van der Waals surface area contributed by atoms with Crippen molar-refractivity contribution in [3.05, 3.63) is 12.1 Å². The van der Waals surface area contributed by atoms with E-state index in [4.69, 9.17) is 10.5 Å². The summed E-state index contributed by atoms with van der Waals surface area (Å²) < 4.78 is 28.4. The molecule has 0 aliphatic carbocycles. The molecule has 7 heteroatoms. The smallest absolute Gasteiger partial charge is 0.239 e. The molecule has 0 bridgehead atoms. The zero-order valence-corrected chi connectivity index (χ0v) is 12.6. The fourth-order valence-corrected chi connectivity index (χ4v) is 3.68. The molecule has 0 radical (unpaired) electrons. The molecule has 3 N–H and O–H groups in total. The Morgan fingerprint density at radius 1 is 1.50 bits per heavy atom. The Morgan fingerprint density at radius 2 is 2.25 bits per heavy atom. The zero-order chi connectivity index (χ0) is 14.8. The molecule has 0 spiro atoms. The number of aromatic nitrogens is 1. The Kier molecular flexibility index (Phi) is 4.37. The van der Waals surface area contributed by atoms with Gasteiger partial charge in [-0.15, -0.1) is 0 Å². The summed E-state index contributed by atoms with van der Waals surface area (Å²) in [5.74, 6) is 1.76. The number of rotatable bonds is 5. The number of hydrogen-bond donors (Lipinski definition) is 2.